The number of ether oxygens (including phenoxy) is 2. The topological polar surface area (TPSA) is 42.2 Å². The summed E-state index contributed by atoms with van der Waals surface area (Å²) in [6.07, 6.45) is 3.09. The minimum absolute atomic E-state index is 0.319. The van der Waals surface area contributed by atoms with Gasteiger partial charge in [0.1, 0.15) is 6.61 Å². The summed E-state index contributed by atoms with van der Waals surface area (Å²) in [5, 5.41) is 9.59. The smallest absolute Gasteiger partial charge is 0.175 e. The highest BCUT2D eigenvalue weighted by molar-refractivity contribution is 9.10. The number of methoxy groups -OCH3 is 1. The molecule has 118 valence electrons. The first kappa shape index (κ1) is 17.7. The van der Waals surface area contributed by atoms with Crippen molar-refractivity contribution >= 4 is 45.2 Å². The number of allylic oxidation sites excluding steroid dienone is 1. The van der Waals surface area contributed by atoms with Gasteiger partial charge < -0.3 is 9.47 Å². The van der Waals surface area contributed by atoms with Crippen LogP contribution in [-0.2, 0) is 6.61 Å². The Labute approximate surface area is 153 Å². The molecular weight excluding hydrogens is 401 g/mol. The number of halogens is 3. The average Bonchev–Trinajstić information content (AvgIpc) is 2.54. The van der Waals surface area contributed by atoms with Gasteiger partial charge in [-0.25, -0.2) is 0 Å². The van der Waals surface area contributed by atoms with Crippen LogP contribution < -0.4 is 9.47 Å². The molecule has 2 rings (SSSR count). The molecule has 0 spiro atoms. The molecule has 0 atom stereocenters. The predicted octanol–water partition coefficient (Wildman–Crippen LogP) is 5.88. The zero-order valence-electron chi connectivity index (χ0n) is 12.1. The minimum atomic E-state index is 0.319. The van der Waals surface area contributed by atoms with Crippen LogP contribution in [0.25, 0.3) is 6.08 Å². The van der Waals surface area contributed by atoms with Gasteiger partial charge in [-0.15, -0.1) is 0 Å². The van der Waals surface area contributed by atoms with Gasteiger partial charge >= 0.3 is 0 Å². The fourth-order valence-corrected chi connectivity index (χ4v) is 2.79. The molecule has 0 radical (unpaired) electrons. The number of hydrogen-bond acceptors (Lipinski definition) is 3. The third kappa shape index (κ3) is 4.65. The zero-order chi connectivity index (χ0) is 16.8. The van der Waals surface area contributed by atoms with Crippen molar-refractivity contribution in [2.24, 2.45) is 0 Å². The molecule has 0 heterocycles. The van der Waals surface area contributed by atoms with E-state index >= 15 is 0 Å². The Morgan fingerprint density at radius 2 is 2.00 bits per heavy atom. The molecule has 0 saturated carbocycles. The van der Waals surface area contributed by atoms with Crippen LogP contribution in [0.4, 0.5) is 0 Å². The second-order valence-corrected chi connectivity index (χ2v) is 6.20. The van der Waals surface area contributed by atoms with E-state index in [1.165, 1.54) is 6.08 Å². The lowest BCUT2D eigenvalue weighted by atomic mass is 10.2. The molecule has 0 aliphatic rings. The molecule has 6 heteroatoms. The first-order valence-electron chi connectivity index (χ1n) is 6.55. The number of hydrogen-bond donors (Lipinski definition) is 0. The van der Waals surface area contributed by atoms with Crippen LogP contribution in [0.3, 0.4) is 0 Å². The van der Waals surface area contributed by atoms with Gasteiger partial charge in [0.25, 0.3) is 0 Å². The third-order valence-corrected chi connectivity index (χ3v) is 4.30. The molecular formula is C17H12BrCl2NO2. The van der Waals surface area contributed by atoms with Gasteiger partial charge in [0.05, 0.1) is 27.7 Å². The largest absolute Gasteiger partial charge is 0.493 e. The monoisotopic (exact) mass is 411 g/mol. The van der Waals surface area contributed by atoms with Crippen molar-refractivity contribution in [1.82, 2.24) is 0 Å². The number of nitrogens with zero attached hydrogens (tertiary/aromatic N) is 1. The lowest BCUT2D eigenvalue weighted by Crippen LogP contribution is -1.99. The van der Waals surface area contributed by atoms with Gasteiger partial charge in [0.2, 0.25) is 0 Å². The second-order valence-electron chi connectivity index (χ2n) is 4.53. The Kier molecular flexibility index (Phi) is 6.35. The van der Waals surface area contributed by atoms with Crippen molar-refractivity contribution in [3.8, 4) is 17.6 Å². The van der Waals surface area contributed by atoms with Gasteiger partial charge in [-0.2, -0.15) is 5.26 Å². The lowest BCUT2D eigenvalue weighted by molar-refractivity contribution is 0.282. The van der Waals surface area contributed by atoms with E-state index in [4.69, 9.17) is 37.9 Å². The van der Waals surface area contributed by atoms with Crippen molar-refractivity contribution in [2.75, 3.05) is 7.11 Å². The van der Waals surface area contributed by atoms with Gasteiger partial charge in [-0.05, 0) is 57.4 Å². The van der Waals surface area contributed by atoms with Crippen LogP contribution in [-0.4, -0.2) is 7.11 Å². The Balaban J connectivity index is 2.23. The van der Waals surface area contributed by atoms with Gasteiger partial charge in [0.15, 0.2) is 11.5 Å². The molecule has 0 saturated heterocycles. The zero-order valence-corrected chi connectivity index (χ0v) is 15.2. The van der Waals surface area contributed by atoms with Gasteiger partial charge in [-0.1, -0.05) is 29.3 Å². The summed E-state index contributed by atoms with van der Waals surface area (Å²) in [4.78, 5) is 0. The standard InChI is InChI=1S/C17H12BrCl2NO2/c1-22-16-9-11(3-2-6-21)7-13(18)17(16)23-10-12-4-5-14(19)15(20)8-12/h2-5,7-9H,10H2,1H3. The Hall–Kier alpha value is -1.67. The predicted molar refractivity (Wildman–Crippen MR) is 96.1 cm³/mol. The molecule has 23 heavy (non-hydrogen) atoms. The third-order valence-electron chi connectivity index (χ3n) is 2.97. The van der Waals surface area contributed by atoms with Crippen molar-refractivity contribution in [2.45, 2.75) is 6.61 Å². The van der Waals surface area contributed by atoms with E-state index in [-0.39, 0.29) is 0 Å². The van der Waals surface area contributed by atoms with E-state index in [9.17, 15) is 0 Å². The molecule has 0 aliphatic carbocycles. The summed E-state index contributed by atoms with van der Waals surface area (Å²) < 4.78 is 11.9. The van der Waals surface area contributed by atoms with E-state index in [0.29, 0.717) is 28.2 Å². The molecule has 0 aromatic heterocycles. The second kappa shape index (κ2) is 8.26. The summed E-state index contributed by atoms with van der Waals surface area (Å²) >= 11 is 15.4. The summed E-state index contributed by atoms with van der Waals surface area (Å²) in [7, 11) is 1.56. The minimum Gasteiger partial charge on any atom is -0.493 e. The van der Waals surface area contributed by atoms with Crippen molar-refractivity contribution in [3.63, 3.8) is 0 Å². The molecule has 0 amide bonds. The Morgan fingerprint density at radius 1 is 1.22 bits per heavy atom. The summed E-state index contributed by atoms with van der Waals surface area (Å²) in [6, 6.07) is 10.9. The van der Waals surface area contributed by atoms with Crippen molar-refractivity contribution < 1.29 is 9.47 Å². The Bertz CT molecular complexity index is 785. The first-order chi connectivity index (χ1) is 11.0. The molecule has 0 N–H and O–H groups in total. The fourth-order valence-electron chi connectivity index (χ4n) is 1.89. The van der Waals surface area contributed by atoms with E-state index in [1.807, 2.05) is 18.2 Å². The van der Waals surface area contributed by atoms with Crippen LogP contribution >= 0.6 is 39.1 Å². The fraction of sp³-hybridized carbons (Fsp3) is 0.118. The van der Waals surface area contributed by atoms with Crippen LogP contribution in [0.15, 0.2) is 40.9 Å². The van der Waals surface area contributed by atoms with Crippen LogP contribution in [0, 0.1) is 11.3 Å². The normalized spacial score (nSPS) is 10.6. The molecule has 3 nitrogen and oxygen atoms in total. The molecule has 0 aliphatic heterocycles. The maximum Gasteiger partial charge on any atom is 0.175 e. The highest BCUT2D eigenvalue weighted by Crippen LogP contribution is 2.37. The molecule has 0 fully saturated rings. The van der Waals surface area contributed by atoms with Crippen LogP contribution in [0.2, 0.25) is 10.0 Å². The van der Waals surface area contributed by atoms with E-state index in [1.54, 1.807) is 31.4 Å². The number of rotatable bonds is 5. The van der Waals surface area contributed by atoms with Crippen molar-refractivity contribution in [1.29, 1.82) is 5.26 Å². The van der Waals surface area contributed by atoms with Crippen LogP contribution in [0.5, 0.6) is 11.5 Å². The van der Waals surface area contributed by atoms with Gasteiger partial charge in [-0.3, -0.25) is 0 Å². The Morgan fingerprint density at radius 3 is 2.65 bits per heavy atom. The summed E-state index contributed by atoms with van der Waals surface area (Å²) in [6.45, 7) is 0.319. The average molecular weight is 413 g/mol. The number of nitriles is 1. The quantitative estimate of drug-likeness (QED) is 0.575. The number of benzene rings is 2. The highest BCUT2D eigenvalue weighted by Gasteiger charge is 2.11. The van der Waals surface area contributed by atoms with E-state index < -0.39 is 0 Å². The van der Waals surface area contributed by atoms with Crippen molar-refractivity contribution in [3.05, 3.63) is 62.1 Å². The van der Waals surface area contributed by atoms with E-state index in [2.05, 4.69) is 15.9 Å². The molecule has 2 aromatic carbocycles. The molecule has 0 unspecified atom stereocenters. The highest BCUT2D eigenvalue weighted by atomic mass is 79.9. The van der Waals surface area contributed by atoms with Crippen LogP contribution in [0.1, 0.15) is 11.1 Å². The maximum atomic E-state index is 8.61. The van der Waals surface area contributed by atoms with E-state index in [0.717, 1.165) is 15.6 Å². The maximum absolute atomic E-state index is 8.61. The molecule has 0 bridgehead atoms. The summed E-state index contributed by atoms with van der Waals surface area (Å²) in [5.41, 5.74) is 1.72. The SMILES string of the molecule is COc1cc(C=CC#N)cc(Br)c1OCc1ccc(Cl)c(Cl)c1. The van der Waals surface area contributed by atoms with Gasteiger partial charge in [0, 0.05) is 6.08 Å². The molecule has 2 aromatic rings. The lowest BCUT2D eigenvalue weighted by Gasteiger charge is -2.14. The first-order valence-corrected chi connectivity index (χ1v) is 8.10. The summed E-state index contributed by atoms with van der Waals surface area (Å²) in [5.74, 6) is 1.14.